The highest BCUT2D eigenvalue weighted by molar-refractivity contribution is 7.99. The molecule has 0 amide bonds. The largest absolute Gasteiger partial charge is 0.465 e. The summed E-state index contributed by atoms with van der Waals surface area (Å²) in [5.74, 6) is 2.80. The highest BCUT2D eigenvalue weighted by Gasteiger charge is 2.20. The molecule has 53 heavy (non-hydrogen) atoms. The number of carbonyl (C=O) groups excluding carboxylic acids is 3. The van der Waals surface area contributed by atoms with Gasteiger partial charge in [0.15, 0.2) is 0 Å². The third kappa shape index (κ3) is 34.9. The molecule has 0 aliphatic rings. The number of hydrogen-bond donors (Lipinski definition) is 0. The molecule has 0 rings (SSSR count). The summed E-state index contributed by atoms with van der Waals surface area (Å²) in [4.78, 5) is 39.5. The number of nitrogens with zero attached hydrogens (tertiary/aromatic N) is 1. The molecule has 0 saturated carbocycles. The Labute approximate surface area is 333 Å². The maximum atomic E-state index is 12.9. The Balaban J connectivity index is 4.00. The van der Waals surface area contributed by atoms with E-state index in [-0.39, 0.29) is 23.8 Å². The van der Waals surface area contributed by atoms with Crippen LogP contribution < -0.4 is 0 Å². The Hall–Kier alpha value is -1.28. The lowest BCUT2D eigenvalue weighted by Gasteiger charge is -2.18. The van der Waals surface area contributed by atoms with E-state index in [1.807, 2.05) is 11.8 Å². The number of ether oxygens (including phenoxy) is 3. The highest BCUT2D eigenvalue weighted by Crippen LogP contribution is 2.20. The first-order chi connectivity index (χ1) is 25.8. The Bertz CT molecular complexity index is 824. The summed E-state index contributed by atoms with van der Waals surface area (Å²) in [6.07, 6.45) is 29.1. The van der Waals surface area contributed by atoms with E-state index in [0.717, 1.165) is 88.7 Å². The number of thioether (sulfide) groups is 1. The summed E-state index contributed by atoms with van der Waals surface area (Å²) in [5.41, 5.74) is 0. The van der Waals surface area contributed by atoms with Gasteiger partial charge >= 0.3 is 17.9 Å². The summed E-state index contributed by atoms with van der Waals surface area (Å²) < 4.78 is 17.0. The topological polar surface area (TPSA) is 82.1 Å². The van der Waals surface area contributed by atoms with Crippen LogP contribution in [-0.4, -0.2) is 74.8 Å². The van der Waals surface area contributed by atoms with Crippen LogP contribution in [0.2, 0.25) is 0 Å². The van der Waals surface area contributed by atoms with Crippen LogP contribution in [0.4, 0.5) is 0 Å². The minimum atomic E-state index is -0.0518. The molecule has 0 aliphatic carbocycles. The first-order valence-electron chi connectivity index (χ1n) is 22.5. The fraction of sp³-hybridized carbons (Fsp3) is 0.933. The van der Waals surface area contributed by atoms with Crippen molar-refractivity contribution >= 4 is 29.7 Å². The van der Waals surface area contributed by atoms with Crippen molar-refractivity contribution in [2.45, 2.75) is 201 Å². The van der Waals surface area contributed by atoms with E-state index < -0.39 is 0 Å². The monoisotopic (exact) mass is 770 g/mol. The molecule has 0 aromatic carbocycles. The molecule has 0 bridgehead atoms. The molecule has 0 aliphatic heterocycles. The van der Waals surface area contributed by atoms with Gasteiger partial charge in [0.25, 0.3) is 0 Å². The second-order valence-corrected chi connectivity index (χ2v) is 17.1. The SMILES string of the molecule is CCCCC(CCCC)COC(=O)CCCCCCCCOC(=O)C(CCN(C)C)CSCCCCCCCCC(=O)OCC(CCCC)CCCC. The maximum absolute atomic E-state index is 12.9. The fourth-order valence-electron chi connectivity index (χ4n) is 6.62. The quantitative estimate of drug-likeness (QED) is 0.0346. The third-order valence-electron chi connectivity index (χ3n) is 10.3. The molecule has 0 radical (unpaired) electrons. The zero-order valence-corrected chi connectivity index (χ0v) is 36.7. The maximum Gasteiger partial charge on any atom is 0.309 e. The van der Waals surface area contributed by atoms with Gasteiger partial charge < -0.3 is 19.1 Å². The van der Waals surface area contributed by atoms with Crippen molar-refractivity contribution in [2.24, 2.45) is 17.8 Å². The predicted octanol–water partition coefficient (Wildman–Crippen LogP) is 12.4. The van der Waals surface area contributed by atoms with Crippen molar-refractivity contribution < 1.29 is 28.6 Å². The van der Waals surface area contributed by atoms with Crippen molar-refractivity contribution in [2.75, 3.05) is 52.0 Å². The fourth-order valence-corrected chi connectivity index (χ4v) is 7.78. The Kier molecular flexibility index (Phi) is 38.0. The van der Waals surface area contributed by atoms with Gasteiger partial charge in [-0.15, -0.1) is 0 Å². The lowest BCUT2D eigenvalue weighted by atomic mass is 9.97. The second-order valence-electron chi connectivity index (χ2n) is 15.9. The molecule has 0 N–H and O–H groups in total. The van der Waals surface area contributed by atoms with E-state index in [9.17, 15) is 14.4 Å². The number of esters is 3. The van der Waals surface area contributed by atoms with Gasteiger partial charge in [0.05, 0.1) is 25.7 Å². The van der Waals surface area contributed by atoms with Crippen molar-refractivity contribution in [3.63, 3.8) is 0 Å². The van der Waals surface area contributed by atoms with Crippen LogP contribution in [0.1, 0.15) is 201 Å². The van der Waals surface area contributed by atoms with Crippen molar-refractivity contribution in [1.82, 2.24) is 4.90 Å². The summed E-state index contributed by atoms with van der Waals surface area (Å²) in [6, 6.07) is 0. The molecular weight excluding hydrogens is 683 g/mol. The average molecular weight is 770 g/mol. The van der Waals surface area contributed by atoms with Crippen molar-refractivity contribution in [3.05, 3.63) is 0 Å². The van der Waals surface area contributed by atoms with Crippen LogP contribution in [-0.2, 0) is 28.6 Å². The molecule has 0 aromatic heterocycles. The van der Waals surface area contributed by atoms with Gasteiger partial charge in [-0.2, -0.15) is 11.8 Å². The van der Waals surface area contributed by atoms with E-state index in [0.29, 0.717) is 44.5 Å². The number of rotatable bonds is 40. The first-order valence-corrected chi connectivity index (χ1v) is 23.6. The molecule has 7 nitrogen and oxygen atoms in total. The van der Waals surface area contributed by atoms with Gasteiger partial charge in [0.1, 0.15) is 0 Å². The van der Waals surface area contributed by atoms with E-state index in [1.54, 1.807) is 0 Å². The molecule has 314 valence electrons. The smallest absolute Gasteiger partial charge is 0.309 e. The van der Waals surface area contributed by atoms with Crippen molar-refractivity contribution in [3.8, 4) is 0 Å². The third-order valence-corrected chi connectivity index (χ3v) is 11.6. The van der Waals surface area contributed by atoms with Crippen LogP contribution in [0.5, 0.6) is 0 Å². The predicted molar refractivity (Wildman–Crippen MR) is 227 cm³/mol. The summed E-state index contributed by atoms with van der Waals surface area (Å²) in [6.45, 7) is 11.5. The first kappa shape index (κ1) is 51.7. The zero-order valence-electron chi connectivity index (χ0n) is 35.9. The standard InChI is InChI=1S/C45H87NO6S/c1-7-11-27-40(28-12-8-2)37-51-43(47)31-23-19-15-17-21-25-35-50-45(49)42(33-34-46(5)6)39-53-36-26-22-18-16-20-24-32-44(48)52-38-41(29-13-9-3)30-14-10-4/h40-42H,7-39H2,1-6H3. The molecule has 0 fully saturated rings. The van der Waals surface area contributed by atoms with Gasteiger partial charge in [-0.25, -0.2) is 0 Å². The van der Waals surface area contributed by atoms with E-state index in [1.165, 1.54) is 89.9 Å². The van der Waals surface area contributed by atoms with Gasteiger partial charge in [0, 0.05) is 18.6 Å². The lowest BCUT2D eigenvalue weighted by molar-refractivity contribution is -0.148. The number of carbonyl (C=O) groups is 3. The summed E-state index contributed by atoms with van der Waals surface area (Å²) >= 11 is 1.88. The lowest BCUT2D eigenvalue weighted by Crippen LogP contribution is -2.25. The number of hydrogen-bond acceptors (Lipinski definition) is 8. The van der Waals surface area contributed by atoms with Crippen LogP contribution in [0, 0.1) is 17.8 Å². The van der Waals surface area contributed by atoms with Gasteiger partial charge in [-0.1, -0.05) is 130 Å². The van der Waals surface area contributed by atoms with Crippen LogP contribution in [0.25, 0.3) is 0 Å². The second kappa shape index (κ2) is 39.0. The zero-order chi connectivity index (χ0) is 39.2. The Morgan fingerprint density at radius 3 is 1.36 bits per heavy atom. The number of unbranched alkanes of at least 4 members (excludes halogenated alkanes) is 14. The minimum absolute atomic E-state index is 0.0206. The van der Waals surface area contributed by atoms with E-state index >= 15 is 0 Å². The van der Waals surface area contributed by atoms with Gasteiger partial charge in [0.2, 0.25) is 0 Å². The molecule has 8 heteroatoms. The van der Waals surface area contributed by atoms with Crippen molar-refractivity contribution in [1.29, 1.82) is 0 Å². The molecule has 0 saturated heterocycles. The highest BCUT2D eigenvalue weighted by atomic mass is 32.2. The molecule has 0 aromatic rings. The normalized spacial score (nSPS) is 12.2. The van der Waals surface area contributed by atoms with E-state index in [4.69, 9.17) is 14.2 Å². The molecule has 0 heterocycles. The minimum Gasteiger partial charge on any atom is -0.465 e. The van der Waals surface area contributed by atoms with Crippen LogP contribution in [0.3, 0.4) is 0 Å². The van der Waals surface area contributed by atoms with E-state index in [2.05, 4.69) is 46.7 Å². The Morgan fingerprint density at radius 2 is 0.925 bits per heavy atom. The molecule has 0 spiro atoms. The molecular formula is C45H87NO6S. The summed E-state index contributed by atoms with van der Waals surface area (Å²) in [7, 11) is 4.11. The van der Waals surface area contributed by atoms with Gasteiger partial charge in [-0.3, -0.25) is 14.4 Å². The molecule has 1 unspecified atom stereocenters. The van der Waals surface area contributed by atoms with Crippen LogP contribution in [0.15, 0.2) is 0 Å². The average Bonchev–Trinajstić information content (AvgIpc) is 3.15. The van der Waals surface area contributed by atoms with Gasteiger partial charge in [-0.05, 0) is 96.0 Å². The Morgan fingerprint density at radius 1 is 0.509 bits per heavy atom. The van der Waals surface area contributed by atoms with Crippen LogP contribution >= 0.6 is 11.8 Å². The molecule has 1 atom stereocenters. The summed E-state index contributed by atoms with van der Waals surface area (Å²) in [5, 5.41) is 0.